The molecule has 3 rings (SSSR count). The summed E-state index contributed by atoms with van der Waals surface area (Å²) in [5, 5.41) is 4.56. The number of amides is 1. The van der Waals surface area contributed by atoms with Crippen molar-refractivity contribution in [1.29, 1.82) is 0 Å². The third-order valence-corrected chi connectivity index (χ3v) is 5.73. The number of thiazole rings is 1. The number of rotatable bonds is 8. The van der Waals surface area contributed by atoms with Crippen LogP contribution in [0.15, 0.2) is 24.3 Å². The Kier molecular flexibility index (Phi) is 6.21. The number of hydrogen-bond donors (Lipinski definition) is 1. The van der Waals surface area contributed by atoms with Crippen molar-refractivity contribution in [3.63, 3.8) is 0 Å². The maximum atomic E-state index is 12.6. The number of para-hydroxylation sites is 1. The number of benzene rings is 1. The van der Waals surface area contributed by atoms with Crippen LogP contribution in [-0.4, -0.2) is 41.5 Å². The van der Waals surface area contributed by atoms with Crippen molar-refractivity contribution in [3.8, 4) is 0 Å². The van der Waals surface area contributed by atoms with E-state index in [1.807, 2.05) is 6.07 Å². The summed E-state index contributed by atoms with van der Waals surface area (Å²) in [6, 6.07) is 8.69. The van der Waals surface area contributed by atoms with Crippen molar-refractivity contribution in [2.24, 2.45) is 0 Å². The van der Waals surface area contributed by atoms with Crippen LogP contribution in [0.5, 0.6) is 0 Å². The summed E-state index contributed by atoms with van der Waals surface area (Å²) in [5.41, 5.74) is 1.09. The highest BCUT2D eigenvalue weighted by atomic mass is 32.1. The highest BCUT2D eigenvalue weighted by Gasteiger charge is 2.25. The monoisotopic (exact) mass is 345 g/mol. The Bertz CT molecular complexity index is 630. The van der Waals surface area contributed by atoms with Crippen LogP contribution in [-0.2, 0) is 11.2 Å². The summed E-state index contributed by atoms with van der Waals surface area (Å²) < 4.78 is 1.26. The lowest BCUT2D eigenvalue weighted by atomic mass is 10.1. The zero-order chi connectivity index (χ0) is 16.8. The molecule has 1 aliphatic rings. The van der Waals surface area contributed by atoms with Crippen LogP contribution in [0, 0.1) is 0 Å². The van der Waals surface area contributed by atoms with Gasteiger partial charge in [-0.2, -0.15) is 0 Å². The molecule has 1 atom stereocenters. The molecule has 1 aliphatic heterocycles. The number of carbonyl (C=O) groups is 1. The summed E-state index contributed by atoms with van der Waals surface area (Å²) in [6.45, 7) is 5.03. The van der Waals surface area contributed by atoms with E-state index in [-0.39, 0.29) is 0 Å². The topological polar surface area (TPSA) is 45.2 Å². The van der Waals surface area contributed by atoms with Crippen molar-refractivity contribution in [3.05, 3.63) is 29.3 Å². The molecule has 4 nitrogen and oxygen atoms in total. The second-order valence-electron chi connectivity index (χ2n) is 6.52. The minimum atomic E-state index is 0.329. The highest BCUT2D eigenvalue weighted by Crippen LogP contribution is 2.23. The Hall–Kier alpha value is -1.46. The Morgan fingerprint density at radius 2 is 2.25 bits per heavy atom. The predicted molar refractivity (Wildman–Crippen MR) is 100 cm³/mol. The highest BCUT2D eigenvalue weighted by molar-refractivity contribution is 7.18. The Labute approximate surface area is 148 Å². The number of hydrogen-bond acceptors (Lipinski definition) is 4. The van der Waals surface area contributed by atoms with Crippen molar-refractivity contribution >= 4 is 27.5 Å². The molecule has 1 fully saturated rings. The van der Waals surface area contributed by atoms with Crippen molar-refractivity contribution in [1.82, 2.24) is 15.2 Å². The van der Waals surface area contributed by atoms with Crippen LogP contribution < -0.4 is 5.32 Å². The third-order valence-electron chi connectivity index (χ3n) is 4.63. The van der Waals surface area contributed by atoms with Crippen LogP contribution in [0.25, 0.3) is 10.2 Å². The summed E-state index contributed by atoms with van der Waals surface area (Å²) in [7, 11) is 0. The van der Waals surface area contributed by atoms with Gasteiger partial charge in [0, 0.05) is 25.6 Å². The molecule has 1 saturated heterocycles. The minimum Gasteiger partial charge on any atom is -0.338 e. The van der Waals surface area contributed by atoms with Gasteiger partial charge < -0.3 is 10.2 Å². The Morgan fingerprint density at radius 1 is 1.38 bits per heavy atom. The van der Waals surface area contributed by atoms with Gasteiger partial charge in [-0.1, -0.05) is 19.1 Å². The second-order valence-corrected chi connectivity index (χ2v) is 7.63. The van der Waals surface area contributed by atoms with Crippen LogP contribution in [0.2, 0.25) is 0 Å². The van der Waals surface area contributed by atoms with Crippen LogP contribution in [0.1, 0.15) is 44.0 Å². The number of carbonyl (C=O) groups excluding carboxylic acids is 1. The number of unbranched alkanes of at least 4 members (excludes halogenated alkanes) is 1. The summed E-state index contributed by atoms with van der Waals surface area (Å²) >= 11 is 1.78. The van der Waals surface area contributed by atoms with Crippen molar-refractivity contribution in [2.75, 3.05) is 19.6 Å². The molecule has 0 aliphatic carbocycles. The van der Waals surface area contributed by atoms with Crippen molar-refractivity contribution < 1.29 is 4.79 Å². The maximum absolute atomic E-state index is 12.6. The second kappa shape index (κ2) is 8.58. The molecule has 0 bridgehead atoms. The third kappa shape index (κ3) is 4.33. The lowest BCUT2D eigenvalue weighted by molar-refractivity contribution is -0.133. The van der Waals surface area contributed by atoms with E-state index in [0.717, 1.165) is 57.3 Å². The average molecular weight is 346 g/mol. The van der Waals surface area contributed by atoms with Crippen LogP contribution in [0.4, 0.5) is 0 Å². The van der Waals surface area contributed by atoms with E-state index in [9.17, 15) is 4.79 Å². The number of aromatic nitrogens is 1. The van der Waals surface area contributed by atoms with Gasteiger partial charge in [-0.05, 0) is 50.8 Å². The first-order chi connectivity index (χ1) is 11.8. The minimum absolute atomic E-state index is 0.329. The smallest absolute Gasteiger partial charge is 0.222 e. The van der Waals surface area contributed by atoms with Crippen LogP contribution >= 0.6 is 11.3 Å². The fraction of sp³-hybridized carbons (Fsp3) is 0.579. The molecule has 2 aromatic rings. The molecule has 1 aromatic heterocycles. The quantitative estimate of drug-likeness (QED) is 0.744. The molecule has 0 radical (unpaired) electrons. The molecule has 130 valence electrons. The average Bonchev–Trinajstić information content (AvgIpc) is 3.25. The molecule has 1 aromatic carbocycles. The zero-order valence-electron chi connectivity index (χ0n) is 14.5. The van der Waals surface area contributed by atoms with E-state index >= 15 is 0 Å². The number of nitrogens with one attached hydrogen (secondary N) is 1. The Morgan fingerprint density at radius 3 is 3.00 bits per heavy atom. The number of nitrogens with zero attached hydrogens (tertiary/aromatic N) is 2. The first-order valence-electron chi connectivity index (χ1n) is 9.12. The predicted octanol–water partition coefficient (Wildman–Crippen LogP) is 3.61. The normalized spacial score (nSPS) is 17.5. The van der Waals surface area contributed by atoms with E-state index in [0.29, 0.717) is 18.4 Å². The van der Waals surface area contributed by atoms with E-state index in [1.54, 1.807) is 11.3 Å². The summed E-state index contributed by atoms with van der Waals surface area (Å²) in [4.78, 5) is 19.3. The summed E-state index contributed by atoms with van der Waals surface area (Å²) in [6.07, 6.45) is 5.77. The first-order valence-corrected chi connectivity index (χ1v) is 9.94. The molecule has 2 heterocycles. The lowest BCUT2D eigenvalue weighted by Crippen LogP contribution is -2.41. The van der Waals surface area contributed by atoms with Gasteiger partial charge in [0.1, 0.15) is 0 Å². The molecule has 24 heavy (non-hydrogen) atoms. The molecule has 1 unspecified atom stereocenters. The molecule has 1 N–H and O–H groups in total. The molecular formula is C19H27N3OS. The standard InChI is InChI=1S/C19H27N3OS/c1-2-13-22(15-11-12-20-14-15)19(23)10-6-5-9-18-21-16-7-3-4-8-17(16)24-18/h3-4,7-8,15,20H,2,5-6,9-14H2,1H3. The van der Waals surface area contributed by atoms with E-state index in [1.165, 1.54) is 9.71 Å². The van der Waals surface area contributed by atoms with Crippen LogP contribution in [0.3, 0.4) is 0 Å². The molecule has 1 amide bonds. The fourth-order valence-corrected chi connectivity index (χ4v) is 4.39. The molecule has 0 spiro atoms. The maximum Gasteiger partial charge on any atom is 0.222 e. The van der Waals surface area contributed by atoms with E-state index in [4.69, 9.17) is 0 Å². The Balaban J connectivity index is 1.45. The summed E-state index contributed by atoms with van der Waals surface area (Å²) in [5.74, 6) is 0.329. The largest absolute Gasteiger partial charge is 0.338 e. The number of aryl methyl sites for hydroxylation is 1. The zero-order valence-corrected chi connectivity index (χ0v) is 15.3. The first kappa shape index (κ1) is 17.4. The van der Waals surface area contributed by atoms with Gasteiger partial charge >= 0.3 is 0 Å². The fourth-order valence-electron chi connectivity index (χ4n) is 3.38. The molecular weight excluding hydrogens is 318 g/mol. The number of fused-ring (bicyclic) bond motifs is 1. The van der Waals surface area contributed by atoms with E-state index in [2.05, 4.69) is 40.3 Å². The van der Waals surface area contributed by atoms with Gasteiger partial charge in [0.05, 0.1) is 15.2 Å². The molecule has 5 heteroatoms. The van der Waals surface area contributed by atoms with Gasteiger partial charge in [-0.25, -0.2) is 4.98 Å². The SMILES string of the molecule is CCCN(C(=O)CCCCc1nc2ccccc2s1)C1CCNC1. The molecule has 0 saturated carbocycles. The lowest BCUT2D eigenvalue weighted by Gasteiger charge is -2.28. The van der Waals surface area contributed by atoms with Gasteiger partial charge in [-0.3, -0.25) is 4.79 Å². The van der Waals surface area contributed by atoms with Gasteiger partial charge in [-0.15, -0.1) is 11.3 Å². The van der Waals surface area contributed by atoms with E-state index < -0.39 is 0 Å². The van der Waals surface area contributed by atoms with Gasteiger partial charge in [0.25, 0.3) is 0 Å². The van der Waals surface area contributed by atoms with Gasteiger partial charge in [0.15, 0.2) is 0 Å². The van der Waals surface area contributed by atoms with Gasteiger partial charge in [0.2, 0.25) is 5.91 Å². The van der Waals surface area contributed by atoms with Crippen molar-refractivity contribution in [2.45, 2.75) is 51.5 Å².